The number of para-hydroxylation sites is 1. The Balaban J connectivity index is 2.94. The molecule has 0 aliphatic carbocycles. The van der Waals surface area contributed by atoms with Gasteiger partial charge in [0.25, 0.3) is 0 Å². The second kappa shape index (κ2) is 4.62. The first-order chi connectivity index (χ1) is 6.65. The highest BCUT2D eigenvalue weighted by molar-refractivity contribution is 5.80. The quantitative estimate of drug-likeness (QED) is 0.494. The van der Waals surface area contributed by atoms with Crippen molar-refractivity contribution in [2.75, 3.05) is 7.11 Å². The highest BCUT2D eigenvalue weighted by Crippen LogP contribution is 2.23. The molecule has 0 saturated carbocycles. The average Bonchev–Trinajstić information content (AvgIpc) is 2.11. The van der Waals surface area contributed by atoms with Gasteiger partial charge in [-0.05, 0) is 0 Å². The van der Waals surface area contributed by atoms with Crippen LogP contribution in [0.4, 0.5) is 0 Å². The Hall–Kier alpha value is -1.55. The van der Waals surface area contributed by atoms with Gasteiger partial charge >= 0.3 is 0 Å². The molecule has 0 fully saturated rings. The van der Waals surface area contributed by atoms with E-state index in [-0.39, 0.29) is 18.0 Å². The van der Waals surface area contributed by atoms with E-state index in [0.717, 1.165) is 0 Å². The second-order valence-corrected chi connectivity index (χ2v) is 3.06. The van der Waals surface area contributed by atoms with Crippen LogP contribution < -0.4 is 5.73 Å². The Morgan fingerprint density at radius 1 is 1.50 bits per heavy atom. The number of phenols is 1. The summed E-state index contributed by atoms with van der Waals surface area (Å²) in [5, 5.41) is 16.9. The number of nitrogens with two attached hydrogens (primary N) is 1. The fourth-order valence-electron chi connectivity index (χ4n) is 1.26. The Bertz CT molecular complexity index is 337. The van der Waals surface area contributed by atoms with Crippen molar-refractivity contribution in [3.8, 4) is 5.75 Å². The molecule has 0 heterocycles. The maximum Gasteiger partial charge on any atom is 0.124 e. The van der Waals surface area contributed by atoms with E-state index in [1.165, 1.54) is 0 Å². The molecule has 0 atom stereocenters. The molecule has 4 nitrogen and oxygen atoms in total. The summed E-state index contributed by atoms with van der Waals surface area (Å²) in [6.45, 7) is 0.359. The highest BCUT2D eigenvalue weighted by atomic mass is 16.5. The summed E-state index contributed by atoms with van der Waals surface area (Å²) in [6.07, 6.45) is 0.267. The van der Waals surface area contributed by atoms with Crippen molar-refractivity contribution in [1.29, 1.82) is 5.41 Å². The maximum atomic E-state index is 9.74. The lowest BCUT2D eigenvalue weighted by atomic mass is 10.1. The number of ether oxygens (including phenoxy) is 1. The van der Waals surface area contributed by atoms with Crippen LogP contribution in [0, 0.1) is 5.41 Å². The zero-order valence-electron chi connectivity index (χ0n) is 8.08. The highest BCUT2D eigenvalue weighted by Gasteiger charge is 2.07. The van der Waals surface area contributed by atoms with Crippen LogP contribution in [0.1, 0.15) is 11.1 Å². The predicted molar refractivity (Wildman–Crippen MR) is 54.4 cm³/mol. The third kappa shape index (κ3) is 2.47. The van der Waals surface area contributed by atoms with Crippen molar-refractivity contribution in [3.63, 3.8) is 0 Å². The average molecular weight is 194 g/mol. The minimum atomic E-state index is 0.0369. The molecule has 4 heteroatoms. The molecule has 0 aliphatic rings. The number of benzene rings is 1. The molecule has 0 amide bonds. The molecule has 0 spiro atoms. The minimum Gasteiger partial charge on any atom is -0.507 e. The summed E-state index contributed by atoms with van der Waals surface area (Å²) >= 11 is 0. The van der Waals surface area contributed by atoms with Crippen LogP contribution in [0.3, 0.4) is 0 Å². The maximum absolute atomic E-state index is 9.74. The Morgan fingerprint density at radius 3 is 2.71 bits per heavy atom. The van der Waals surface area contributed by atoms with Gasteiger partial charge in [-0.2, -0.15) is 0 Å². The number of hydrogen-bond acceptors (Lipinski definition) is 3. The van der Waals surface area contributed by atoms with E-state index in [2.05, 4.69) is 0 Å². The number of rotatable bonds is 4. The Labute approximate surface area is 82.8 Å². The normalized spacial score (nSPS) is 10.1. The number of phenolic OH excluding ortho intramolecular Hbond substituents is 1. The molecule has 0 aromatic heterocycles. The van der Waals surface area contributed by atoms with Gasteiger partial charge in [0, 0.05) is 24.7 Å². The van der Waals surface area contributed by atoms with Crippen molar-refractivity contribution >= 4 is 5.84 Å². The first-order valence-electron chi connectivity index (χ1n) is 4.26. The van der Waals surface area contributed by atoms with Gasteiger partial charge in [-0.3, -0.25) is 5.41 Å². The van der Waals surface area contributed by atoms with Crippen LogP contribution in [0.2, 0.25) is 0 Å². The van der Waals surface area contributed by atoms with Crippen molar-refractivity contribution in [2.45, 2.75) is 13.0 Å². The van der Waals surface area contributed by atoms with Crippen molar-refractivity contribution < 1.29 is 9.84 Å². The van der Waals surface area contributed by atoms with Gasteiger partial charge in [-0.15, -0.1) is 0 Å². The summed E-state index contributed by atoms with van der Waals surface area (Å²) < 4.78 is 4.92. The van der Waals surface area contributed by atoms with Crippen LogP contribution in [0.15, 0.2) is 18.2 Å². The van der Waals surface area contributed by atoms with Crippen LogP contribution in [0.25, 0.3) is 0 Å². The lowest BCUT2D eigenvalue weighted by Crippen LogP contribution is -2.13. The van der Waals surface area contributed by atoms with E-state index in [0.29, 0.717) is 17.7 Å². The van der Waals surface area contributed by atoms with E-state index in [9.17, 15) is 5.11 Å². The van der Waals surface area contributed by atoms with Crippen molar-refractivity contribution in [2.24, 2.45) is 5.73 Å². The van der Waals surface area contributed by atoms with E-state index >= 15 is 0 Å². The fraction of sp³-hybridized carbons (Fsp3) is 0.300. The number of hydrogen-bond donors (Lipinski definition) is 3. The minimum absolute atomic E-state index is 0.0369. The van der Waals surface area contributed by atoms with Crippen molar-refractivity contribution in [3.05, 3.63) is 29.3 Å². The van der Waals surface area contributed by atoms with Crippen LogP contribution in [-0.2, 0) is 17.8 Å². The van der Waals surface area contributed by atoms with Gasteiger partial charge in [0.05, 0.1) is 12.4 Å². The zero-order valence-corrected chi connectivity index (χ0v) is 8.08. The van der Waals surface area contributed by atoms with Gasteiger partial charge in [-0.1, -0.05) is 18.2 Å². The molecule has 1 rings (SSSR count). The molecule has 14 heavy (non-hydrogen) atoms. The Morgan fingerprint density at radius 2 is 2.14 bits per heavy atom. The van der Waals surface area contributed by atoms with E-state index < -0.39 is 0 Å². The van der Waals surface area contributed by atoms with Gasteiger partial charge in [0.2, 0.25) is 0 Å². The number of amidine groups is 1. The molecule has 1 aromatic carbocycles. The van der Waals surface area contributed by atoms with E-state index in [1.807, 2.05) is 6.07 Å². The van der Waals surface area contributed by atoms with Crippen LogP contribution >= 0.6 is 0 Å². The molecular weight excluding hydrogens is 180 g/mol. The van der Waals surface area contributed by atoms with Crippen molar-refractivity contribution in [1.82, 2.24) is 0 Å². The van der Waals surface area contributed by atoms with E-state index in [1.54, 1.807) is 19.2 Å². The monoisotopic (exact) mass is 194 g/mol. The molecule has 0 saturated heterocycles. The molecule has 0 unspecified atom stereocenters. The molecule has 4 N–H and O–H groups in total. The molecule has 76 valence electrons. The summed E-state index contributed by atoms with van der Waals surface area (Å²) in [4.78, 5) is 0. The lowest BCUT2D eigenvalue weighted by molar-refractivity contribution is 0.182. The van der Waals surface area contributed by atoms with Crippen LogP contribution in [-0.4, -0.2) is 18.1 Å². The SMILES string of the molecule is COCc1cccc(CC(=N)N)c1O. The lowest BCUT2D eigenvalue weighted by Gasteiger charge is -2.08. The first-order valence-corrected chi connectivity index (χ1v) is 4.26. The van der Waals surface area contributed by atoms with Gasteiger partial charge < -0.3 is 15.6 Å². The zero-order chi connectivity index (χ0) is 10.6. The largest absolute Gasteiger partial charge is 0.507 e. The number of nitrogens with one attached hydrogen (secondary N) is 1. The predicted octanol–water partition coefficient (Wildman–Crippen LogP) is 1.02. The first kappa shape index (κ1) is 10.5. The standard InChI is InChI=1S/C10H14N2O2/c1-14-6-8-4-2-3-7(10(8)13)5-9(11)12/h2-4,13H,5-6H2,1H3,(H3,11,12). The summed E-state index contributed by atoms with van der Waals surface area (Å²) in [7, 11) is 1.57. The molecule has 0 radical (unpaired) electrons. The topological polar surface area (TPSA) is 79.3 Å². The van der Waals surface area contributed by atoms with E-state index in [4.69, 9.17) is 15.9 Å². The van der Waals surface area contributed by atoms with Gasteiger partial charge in [-0.25, -0.2) is 0 Å². The number of methoxy groups -OCH3 is 1. The summed E-state index contributed by atoms with van der Waals surface area (Å²) in [5.41, 5.74) is 6.63. The molecule has 0 bridgehead atoms. The third-order valence-electron chi connectivity index (χ3n) is 1.88. The van der Waals surface area contributed by atoms with Crippen LogP contribution in [0.5, 0.6) is 5.75 Å². The van der Waals surface area contributed by atoms with Gasteiger partial charge in [0.1, 0.15) is 5.75 Å². The fourth-order valence-corrected chi connectivity index (χ4v) is 1.26. The molecule has 1 aromatic rings. The second-order valence-electron chi connectivity index (χ2n) is 3.06. The molecule has 0 aliphatic heterocycles. The summed E-state index contributed by atoms with van der Waals surface area (Å²) in [6, 6.07) is 5.34. The smallest absolute Gasteiger partial charge is 0.124 e. The van der Waals surface area contributed by atoms with Gasteiger partial charge in [0.15, 0.2) is 0 Å². The molecular formula is C10H14N2O2. The number of aromatic hydroxyl groups is 1. The Kier molecular flexibility index (Phi) is 3.48. The summed E-state index contributed by atoms with van der Waals surface area (Å²) in [5.74, 6) is 0.208. The third-order valence-corrected chi connectivity index (χ3v) is 1.88.